The molecule has 0 aromatic heterocycles. The molecule has 0 spiro atoms. The summed E-state index contributed by atoms with van der Waals surface area (Å²) in [5.74, 6) is 1.15. The zero-order valence-electron chi connectivity index (χ0n) is 8.87. The van der Waals surface area contributed by atoms with Crippen molar-refractivity contribution in [3.8, 4) is 0 Å². The molecule has 0 aromatic rings. The van der Waals surface area contributed by atoms with Crippen molar-refractivity contribution < 1.29 is 5.11 Å². The minimum Gasteiger partial charge on any atom is -0.393 e. The van der Waals surface area contributed by atoms with Crippen molar-refractivity contribution in [2.45, 2.75) is 38.7 Å². The number of guanidine groups is 1. The first-order valence-corrected chi connectivity index (χ1v) is 5.44. The van der Waals surface area contributed by atoms with E-state index in [4.69, 9.17) is 5.73 Å². The Labute approximate surface area is 85.6 Å². The van der Waals surface area contributed by atoms with Gasteiger partial charge in [0.15, 0.2) is 5.96 Å². The summed E-state index contributed by atoms with van der Waals surface area (Å²) in [4.78, 5) is 4.26. The molecule has 4 N–H and O–H groups in total. The first kappa shape index (κ1) is 11.3. The lowest BCUT2D eigenvalue weighted by Crippen LogP contribution is -2.32. The first-order valence-electron chi connectivity index (χ1n) is 5.44. The molecule has 0 unspecified atom stereocenters. The van der Waals surface area contributed by atoms with E-state index in [1.54, 1.807) is 0 Å². The molecule has 1 fully saturated rings. The van der Waals surface area contributed by atoms with Gasteiger partial charge in [-0.25, -0.2) is 0 Å². The Morgan fingerprint density at radius 2 is 2.07 bits per heavy atom. The zero-order valence-corrected chi connectivity index (χ0v) is 8.87. The summed E-state index contributed by atoms with van der Waals surface area (Å²) < 4.78 is 0. The number of nitrogens with one attached hydrogen (secondary N) is 1. The molecule has 0 heterocycles. The number of hydrogen-bond donors (Lipinski definition) is 3. The number of hydrogen-bond acceptors (Lipinski definition) is 2. The van der Waals surface area contributed by atoms with Crippen LogP contribution in [0.25, 0.3) is 0 Å². The molecule has 0 amide bonds. The average molecular weight is 199 g/mol. The van der Waals surface area contributed by atoms with E-state index in [0.29, 0.717) is 11.9 Å². The van der Waals surface area contributed by atoms with Crippen molar-refractivity contribution >= 4 is 5.96 Å². The Morgan fingerprint density at radius 1 is 1.43 bits per heavy atom. The third kappa shape index (κ3) is 3.96. The summed E-state index contributed by atoms with van der Waals surface area (Å²) in [6, 6.07) is 0. The molecule has 0 saturated heterocycles. The fourth-order valence-electron chi connectivity index (χ4n) is 1.79. The lowest BCUT2D eigenvalue weighted by Gasteiger charge is -2.23. The SMILES string of the molecule is CCNC(N)=NCC1CCC(O)CC1. The molecule has 0 aromatic carbocycles. The number of aliphatic imine (C=N–C) groups is 1. The number of aliphatic hydroxyl groups excluding tert-OH is 1. The van der Waals surface area contributed by atoms with Crippen molar-refractivity contribution in [1.82, 2.24) is 5.32 Å². The highest BCUT2D eigenvalue weighted by Crippen LogP contribution is 2.24. The second-order valence-corrected chi connectivity index (χ2v) is 3.93. The first-order chi connectivity index (χ1) is 6.72. The van der Waals surface area contributed by atoms with Crippen LogP contribution in [0.1, 0.15) is 32.6 Å². The highest BCUT2D eigenvalue weighted by Gasteiger charge is 2.18. The third-order valence-corrected chi connectivity index (χ3v) is 2.69. The summed E-state index contributed by atoms with van der Waals surface area (Å²) in [6.07, 6.45) is 3.90. The van der Waals surface area contributed by atoms with Gasteiger partial charge >= 0.3 is 0 Å². The summed E-state index contributed by atoms with van der Waals surface area (Å²) in [7, 11) is 0. The number of aliphatic hydroxyl groups is 1. The fourth-order valence-corrected chi connectivity index (χ4v) is 1.79. The van der Waals surface area contributed by atoms with Crippen LogP contribution < -0.4 is 11.1 Å². The van der Waals surface area contributed by atoms with Gasteiger partial charge in [0.05, 0.1) is 6.10 Å². The van der Waals surface area contributed by atoms with Gasteiger partial charge in [-0.15, -0.1) is 0 Å². The molecule has 1 aliphatic carbocycles. The van der Waals surface area contributed by atoms with Crippen LogP contribution in [0.3, 0.4) is 0 Å². The van der Waals surface area contributed by atoms with E-state index < -0.39 is 0 Å². The molecule has 1 rings (SSSR count). The van der Waals surface area contributed by atoms with E-state index in [2.05, 4.69) is 10.3 Å². The summed E-state index contributed by atoms with van der Waals surface area (Å²) in [5.41, 5.74) is 5.62. The van der Waals surface area contributed by atoms with Crippen LogP contribution in [-0.2, 0) is 0 Å². The number of rotatable bonds is 3. The zero-order chi connectivity index (χ0) is 10.4. The Balaban J connectivity index is 2.21. The van der Waals surface area contributed by atoms with E-state index >= 15 is 0 Å². The summed E-state index contributed by atoms with van der Waals surface area (Å²) >= 11 is 0. The van der Waals surface area contributed by atoms with Gasteiger partial charge in [0, 0.05) is 13.1 Å². The van der Waals surface area contributed by atoms with Crippen molar-refractivity contribution in [1.29, 1.82) is 0 Å². The van der Waals surface area contributed by atoms with Crippen LogP contribution in [0, 0.1) is 5.92 Å². The maximum Gasteiger partial charge on any atom is 0.188 e. The predicted octanol–water partition coefficient (Wildman–Crippen LogP) is 0.462. The van der Waals surface area contributed by atoms with Gasteiger partial charge in [-0.3, -0.25) is 4.99 Å². The smallest absolute Gasteiger partial charge is 0.188 e. The largest absolute Gasteiger partial charge is 0.393 e. The number of nitrogens with two attached hydrogens (primary N) is 1. The average Bonchev–Trinajstić information content (AvgIpc) is 2.17. The Kier molecular flexibility index (Phi) is 4.73. The summed E-state index contributed by atoms with van der Waals surface area (Å²) in [6.45, 7) is 3.61. The lowest BCUT2D eigenvalue weighted by molar-refractivity contribution is 0.110. The van der Waals surface area contributed by atoms with E-state index in [9.17, 15) is 5.11 Å². The van der Waals surface area contributed by atoms with Gasteiger partial charge in [0.1, 0.15) is 0 Å². The molecule has 1 saturated carbocycles. The fraction of sp³-hybridized carbons (Fsp3) is 0.900. The second kappa shape index (κ2) is 5.86. The van der Waals surface area contributed by atoms with E-state index in [1.807, 2.05) is 6.92 Å². The molecular weight excluding hydrogens is 178 g/mol. The lowest BCUT2D eigenvalue weighted by atomic mass is 9.88. The molecule has 1 aliphatic rings. The Hall–Kier alpha value is -0.770. The van der Waals surface area contributed by atoms with Crippen LogP contribution >= 0.6 is 0 Å². The van der Waals surface area contributed by atoms with Crippen molar-refractivity contribution in [3.05, 3.63) is 0 Å². The summed E-state index contributed by atoms with van der Waals surface area (Å²) in [5, 5.41) is 12.3. The van der Waals surface area contributed by atoms with Gasteiger partial charge in [-0.1, -0.05) is 0 Å². The van der Waals surface area contributed by atoms with Crippen LogP contribution in [0.5, 0.6) is 0 Å². The Bertz CT molecular complexity index is 186. The molecule has 0 aliphatic heterocycles. The normalized spacial score (nSPS) is 28.9. The topological polar surface area (TPSA) is 70.6 Å². The van der Waals surface area contributed by atoms with E-state index in [-0.39, 0.29) is 6.10 Å². The third-order valence-electron chi connectivity index (χ3n) is 2.69. The molecular formula is C10H21N3O. The van der Waals surface area contributed by atoms with Crippen LogP contribution in [0.2, 0.25) is 0 Å². The van der Waals surface area contributed by atoms with Gasteiger partial charge in [-0.2, -0.15) is 0 Å². The molecule has 4 heteroatoms. The maximum atomic E-state index is 9.32. The van der Waals surface area contributed by atoms with Gasteiger partial charge < -0.3 is 16.2 Å². The molecule has 0 atom stereocenters. The molecule has 0 bridgehead atoms. The van der Waals surface area contributed by atoms with Gasteiger partial charge in [-0.05, 0) is 38.5 Å². The van der Waals surface area contributed by atoms with E-state index in [0.717, 1.165) is 38.8 Å². The maximum absolute atomic E-state index is 9.32. The molecule has 14 heavy (non-hydrogen) atoms. The van der Waals surface area contributed by atoms with Crippen molar-refractivity contribution in [2.24, 2.45) is 16.6 Å². The van der Waals surface area contributed by atoms with Crippen LogP contribution in [0.4, 0.5) is 0 Å². The molecule has 82 valence electrons. The highest BCUT2D eigenvalue weighted by atomic mass is 16.3. The van der Waals surface area contributed by atoms with Crippen molar-refractivity contribution in [2.75, 3.05) is 13.1 Å². The van der Waals surface area contributed by atoms with E-state index in [1.165, 1.54) is 0 Å². The van der Waals surface area contributed by atoms with Gasteiger partial charge in [0.25, 0.3) is 0 Å². The van der Waals surface area contributed by atoms with Crippen LogP contribution in [0.15, 0.2) is 4.99 Å². The van der Waals surface area contributed by atoms with Crippen molar-refractivity contribution in [3.63, 3.8) is 0 Å². The second-order valence-electron chi connectivity index (χ2n) is 3.93. The van der Waals surface area contributed by atoms with Gasteiger partial charge in [0.2, 0.25) is 0 Å². The monoisotopic (exact) mass is 199 g/mol. The standard InChI is InChI=1S/C10H21N3O/c1-2-12-10(11)13-7-8-3-5-9(14)6-4-8/h8-9,14H,2-7H2,1H3,(H3,11,12,13). The highest BCUT2D eigenvalue weighted by molar-refractivity contribution is 5.77. The quantitative estimate of drug-likeness (QED) is 0.457. The molecule has 0 radical (unpaired) electrons. The molecule has 4 nitrogen and oxygen atoms in total. The number of nitrogens with zero attached hydrogens (tertiary/aromatic N) is 1. The Morgan fingerprint density at radius 3 is 2.64 bits per heavy atom. The minimum atomic E-state index is -0.0821. The predicted molar refractivity (Wildman–Crippen MR) is 58.1 cm³/mol. The van der Waals surface area contributed by atoms with Crippen LogP contribution in [-0.4, -0.2) is 30.3 Å². The minimum absolute atomic E-state index is 0.0821.